The van der Waals surface area contributed by atoms with Crippen LogP contribution in [0.3, 0.4) is 0 Å². The molecule has 0 aromatic heterocycles. The Bertz CT molecular complexity index is 531. The average molecular weight is 264 g/mol. The number of benzene rings is 2. The molecule has 2 aromatic rings. The lowest BCUT2D eigenvalue weighted by Gasteiger charge is -2.03. The first-order chi connectivity index (χ1) is 8.62. The van der Waals surface area contributed by atoms with Crippen LogP contribution in [0, 0.1) is 0 Å². The summed E-state index contributed by atoms with van der Waals surface area (Å²) in [4.78, 5) is 9.02. The third-order valence-corrected chi connectivity index (χ3v) is 3.89. The van der Waals surface area contributed by atoms with Crippen molar-refractivity contribution < 1.29 is 18.3 Å². The standard InChI is InChI=1S/C12H10O2S.CH2O2/c13-15(14,11-7-3-1-4-8-11)12-9-5-2-6-10-12;2-1-3/h1-10H;1H,(H,2,3). The SMILES string of the molecule is O=CO.O=S(=O)(c1ccccc1)c1ccccc1. The summed E-state index contributed by atoms with van der Waals surface area (Å²) in [6, 6.07) is 16.9. The van der Waals surface area contributed by atoms with Crippen molar-refractivity contribution in [2.75, 3.05) is 0 Å². The molecule has 0 aliphatic heterocycles. The lowest BCUT2D eigenvalue weighted by molar-refractivity contribution is -0.122. The van der Waals surface area contributed by atoms with Crippen molar-refractivity contribution in [1.29, 1.82) is 0 Å². The molecule has 4 nitrogen and oxygen atoms in total. The molecular formula is C13H12O4S. The number of hydrogen-bond acceptors (Lipinski definition) is 3. The molecule has 0 fully saturated rings. The van der Waals surface area contributed by atoms with Gasteiger partial charge in [-0.15, -0.1) is 0 Å². The molecule has 0 aliphatic carbocycles. The van der Waals surface area contributed by atoms with E-state index in [4.69, 9.17) is 9.90 Å². The van der Waals surface area contributed by atoms with Gasteiger partial charge in [0, 0.05) is 0 Å². The summed E-state index contributed by atoms with van der Waals surface area (Å²) >= 11 is 0. The van der Waals surface area contributed by atoms with Crippen LogP contribution in [0.2, 0.25) is 0 Å². The van der Waals surface area contributed by atoms with Crippen LogP contribution in [0.25, 0.3) is 0 Å². The second-order valence-electron chi connectivity index (χ2n) is 3.23. The zero-order chi connectivity index (χ0) is 13.4. The predicted octanol–water partition coefficient (Wildman–Crippen LogP) is 2.22. The largest absolute Gasteiger partial charge is 0.483 e. The van der Waals surface area contributed by atoms with Gasteiger partial charge in [0.05, 0.1) is 9.79 Å². The van der Waals surface area contributed by atoms with Gasteiger partial charge >= 0.3 is 0 Å². The van der Waals surface area contributed by atoms with Gasteiger partial charge in [0.1, 0.15) is 0 Å². The van der Waals surface area contributed by atoms with E-state index in [1.165, 1.54) is 0 Å². The lowest BCUT2D eigenvalue weighted by atomic mass is 10.4. The van der Waals surface area contributed by atoms with Gasteiger partial charge in [-0.1, -0.05) is 36.4 Å². The van der Waals surface area contributed by atoms with E-state index >= 15 is 0 Å². The van der Waals surface area contributed by atoms with Crippen LogP contribution >= 0.6 is 0 Å². The van der Waals surface area contributed by atoms with Gasteiger partial charge in [0.2, 0.25) is 9.84 Å². The fourth-order valence-corrected chi connectivity index (χ4v) is 2.64. The number of hydrogen-bond donors (Lipinski definition) is 1. The maximum atomic E-state index is 12.0. The third-order valence-electron chi connectivity index (χ3n) is 2.11. The Kier molecular flexibility index (Phi) is 5.07. The van der Waals surface area contributed by atoms with Gasteiger partial charge in [-0.2, -0.15) is 0 Å². The number of carboxylic acid groups (broad SMARTS) is 1. The second-order valence-corrected chi connectivity index (χ2v) is 5.18. The van der Waals surface area contributed by atoms with Gasteiger partial charge < -0.3 is 5.11 Å². The van der Waals surface area contributed by atoms with Gasteiger partial charge in [-0.25, -0.2) is 8.42 Å². The van der Waals surface area contributed by atoms with Gasteiger partial charge in [0.25, 0.3) is 6.47 Å². The smallest absolute Gasteiger partial charge is 0.290 e. The summed E-state index contributed by atoms with van der Waals surface area (Å²) in [5.74, 6) is 0. The zero-order valence-electron chi connectivity index (χ0n) is 9.43. The maximum absolute atomic E-state index is 12.0. The Morgan fingerprint density at radius 3 is 1.33 bits per heavy atom. The molecule has 2 rings (SSSR count). The van der Waals surface area contributed by atoms with E-state index in [2.05, 4.69) is 0 Å². The summed E-state index contributed by atoms with van der Waals surface area (Å²) in [6.45, 7) is -0.250. The number of sulfone groups is 1. The van der Waals surface area contributed by atoms with Crippen LogP contribution in [0.5, 0.6) is 0 Å². The first-order valence-corrected chi connectivity index (χ1v) is 6.54. The quantitative estimate of drug-likeness (QED) is 0.844. The van der Waals surface area contributed by atoms with E-state index in [0.717, 1.165) is 0 Å². The first-order valence-electron chi connectivity index (χ1n) is 5.06. The first kappa shape index (κ1) is 13.9. The second kappa shape index (κ2) is 6.56. The van der Waals surface area contributed by atoms with E-state index in [1.54, 1.807) is 60.7 Å². The molecule has 0 radical (unpaired) electrons. The Hall–Kier alpha value is -2.14. The molecule has 0 aliphatic rings. The lowest BCUT2D eigenvalue weighted by Crippen LogP contribution is -2.00. The molecule has 0 saturated heterocycles. The molecule has 0 spiro atoms. The third kappa shape index (κ3) is 3.43. The monoisotopic (exact) mass is 264 g/mol. The predicted molar refractivity (Wildman–Crippen MR) is 67.0 cm³/mol. The molecule has 18 heavy (non-hydrogen) atoms. The average Bonchev–Trinajstić information content (AvgIpc) is 2.42. The van der Waals surface area contributed by atoms with Crippen molar-refractivity contribution in [1.82, 2.24) is 0 Å². The number of rotatable bonds is 2. The van der Waals surface area contributed by atoms with Crippen molar-refractivity contribution >= 4 is 16.3 Å². The van der Waals surface area contributed by atoms with E-state index in [-0.39, 0.29) is 6.47 Å². The van der Waals surface area contributed by atoms with Crippen LogP contribution in [-0.4, -0.2) is 20.0 Å². The van der Waals surface area contributed by atoms with Gasteiger partial charge in [-0.3, -0.25) is 4.79 Å². The highest BCUT2D eigenvalue weighted by molar-refractivity contribution is 7.91. The minimum Gasteiger partial charge on any atom is -0.483 e. The highest BCUT2D eigenvalue weighted by atomic mass is 32.2. The van der Waals surface area contributed by atoms with Crippen LogP contribution in [0.15, 0.2) is 70.5 Å². The molecule has 1 N–H and O–H groups in total. The summed E-state index contributed by atoms with van der Waals surface area (Å²) in [5, 5.41) is 6.89. The van der Waals surface area contributed by atoms with Crippen molar-refractivity contribution in [3.63, 3.8) is 0 Å². The van der Waals surface area contributed by atoms with Crippen molar-refractivity contribution in [3.8, 4) is 0 Å². The molecular weight excluding hydrogens is 252 g/mol. The van der Waals surface area contributed by atoms with E-state index in [1.807, 2.05) is 0 Å². The summed E-state index contributed by atoms with van der Waals surface area (Å²) in [6.07, 6.45) is 0. The maximum Gasteiger partial charge on any atom is 0.290 e. The fourth-order valence-electron chi connectivity index (χ4n) is 1.34. The number of carbonyl (C=O) groups is 1. The van der Waals surface area contributed by atoms with Crippen LogP contribution in [0.1, 0.15) is 0 Å². The Balaban J connectivity index is 0.000000492. The van der Waals surface area contributed by atoms with Crippen molar-refractivity contribution in [2.45, 2.75) is 9.79 Å². The van der Waals surface area contributed by atoms with Crippen LogP contribution in [-0.2, 0) is 14.6 Å². The van der Waals surface area contributed by atoms with E-state index < -0.39 is 9.84 Å². The summed E-state index contributed by atoms with van der Waals surface area (Å²) in [7, 11) is -3.34. The molecule has 0 unspecified atom stereocenters. The normalized spacial score (nSPS) is 10.0. The molecule has 2 aromatic carbocycles. The molecule has 0 bridgehead atoms. The summed E-state index contributed by atoms with van der Waals surface area (Å²) < 4.78 is 24.1. The Morgan fingerprint density at radius 2 is 1.06 bits per heavy atom. The van der Waals surface area contributed by atoms with Crippen LogP contribution in [0.4, 0.5) is 0 Å². The van der Waals surface area contributed by atoms with E-state index in [0.29, 0.717) is 9.79 Å². The molecule has 5 heteroatoms. The Morgan fingerprint density at radius 1 is 0.778 bits per heavy atom. The molecule has 0 amide bonds. The van der Waals surface area contributed by atoms with Gasteiger partial charge in [0.15, 0.2) is 0 Å². The van der Waals surface area contributed by atoms with Gasteiger partial charge in [-0.05, 0) is 24.3 Å². The zero-order valence-corrected chi connectivity index (χ0v) is 10.2. The van der Waals surface area contributed by atoms with Crippen molar-refractivity contribution in [2.24, 2.45) is 0 Å². The highest BCUT2D eigenvalue weighted by Gasteiger charge is 2.15. The Labute approximate surface area is 105 Å². The van der Waals surface area contributed by atoms with Crippen LogP contribution < -0.4 is 0 Å². The fraction of sp³-hybridized carbons (Fsp3) is 0. The summed E-state index contributed by atoms with van der Waals surface area (Å²) in [5.41, 5.74) is 0. The van der Waals surface area contributed by atoms with E-state index in [9.17, 15) is 8.42 Å². The topological polar surface area (TPSA) is 71.4 Å². The minimum atomic E-state index is -3.34. The molecule has 0 heterocycles. The highest BCUT2D eigenvalue weighted by Crippen LogP contribution is 2.19. The molecule has 94 valence electrons. The molecule has 0 atom stereocenters. The molecule has 0 saturated carbocycles. The minimum absolute atomic E-state index is 0.250. The van der Waals surface area contributed by atoms with Crippen molar-refractivity contribution in [3.05, 3.63) is 60.7 Å².